The molecule has 2 aromatic rings. The molecular formula is C18H23ClN4O. The van der Waals surface area contributed by atoms with Gasteiger partial charge in [0, 0.05) is 38.8 Å². The van der Waals surface area contributed by atoms with Gasteiger partial charge in [-0.1, -0.05) is 29.3 Å². The Morgan fingerprint density at radius 3 is 2.79 bits per heavy atom. The standard InChI is InChI=1S/C18H23ClN4O/c1-14-5-3-6-15(11-14)18(24)23-8-4-7-22(9-10-23)13-17-20-12-16(19)21(17)2/h3,5-6,11-12H,4,7-10,13H2,1-2H3. The Labute approximate surface area is 147 Å². The van der Waals surface area contributed by atoms with E-state index in [9.17, 15) is 4.79 Å². The third kappa shape index (κ3) is 3.79. The molecule has 2 heterocycles. The third-order valence-corrected chi connectivity index (χ3v) is 4.88. The van der Waals surface area contributed by atoms with E-state index in [0.717, 1.165) is 56.1 Å². The molecule has 1 fully saturated rings. The van der Waals surface area contributed by atoms with E-state index in [1.807, 2.05) is 47.7 Å². The van der Waals surface area contributed by atoms with Crippen LogP contribution >= 0.6 is 11.6 Å². The summed E-state index contributed by atoms with van der Waals surface area (Å²) in [4.78, 5) is 21.4. The normalized spacial score (nSPS) is 16.2. The van der Waals surface area contributed by atoms with E-state index in [4.69, 9.17) is 11.6 Å². The highest BCUT2D eigenvalue weighted by atomic mass is 35.5. The SMILES string of the molecule is Cc1cccc(C(=O)N2CCCN(Cc3ncc(Cl)n3C)CC2)c1. The van der Waals surface area contributed by atoms with Crippen molar-refractivity contribution < 1.29 is 4.79 Å². The molecule has 24 heavy (non-hydrogen) atoms. The molecule has 0 N–H and O–H groups in total. The molecule has 0 aliphatic carbocycles. The van der Waals surface area contributed by atoms with Crippen molar-refractivity contribution in [3.05, 3.63) is 52.6 Å². The molecule has 3 rings (SSSR count). The van der Waals surface area contributed by atoms with Crippen LogP contribution in [0, 0.1) is 6.92 Å². The lowest BCUT2D eigenvalue weighted by Gasteiger charge is -2.22. The minimum absolute atomic E-state index is 0.126. The van der Waals surface area contributed by atoms with Crippen LogP contribution in [0.2, 0.25) is 5.15 Å². The fraction of sp³-hybridized carbons (Fsp3) is 0.444. The summed E-state index contributed by atoms with van der Waals surface area (Å²) in [6, 6.07) is 7.81. The van der Waals surface area contributed by atoms with Crippen LogP contribution in [0.5, 0.6) is 0 Å². The smallest absolute Gasteiger partial charge is 0.253 e. The van der Waals surface area contributed by atoms with Gasteiger partial charge in [0.25, 0.3) is 5.91 Å². The number of aryl methyl sites for hydroxylation is 1. The Morgan fingerprint density at radius 1 is 1.25 bits per heavy atom. The highest BCUT2D eigenvalue weighted by Crippen LogP contribution is 2.14. The van der Waals surface area contributed by atoms with Crippen molar-refractivity contribution in [1.29, 1.82) is 0 Å². The number of halogens is 1. The van der Waals surface area contributed by atoms with Crippen LogP contribution in [0.15, 0.2) is 30.5 Å². The zero-order chi connectivity index (χ0) is 17.1. The summed E-state index contributed by atoms with van der Waals surface area (Å²) >= 11 is 6.05. The largest absolute Gasteiger partial charge is 0.337 e. The van der Waals surface area contributed by atoms with Crippen LogP contribution in [0.1, 0.15) is 28.2 Å². The van der Waals surface area contributed by atoms with Crippen LogP contribution in [0.3, 0.4) is 0 Å². The van der Waals surface area contributed by atoms with Gasteiger partial charge < -0.3 is 9.47 Å². The molecular weight excluding hydrogens is 324 g/mol. The average Bonchev–Trinajstić information content (AvgIpc) is 2.78. The molecule has 5 nitrogen and oxygen atoms in total. The molecule has 0 spiro atoms. The predicted octanol–water partition coefficient (Wildman–Crippen LogP) is 2.73. The fourth-order valence-electron chi connectivity index (χ4n) is 3.06. The fourth-order valence-corrected chi connectivity index (χ4v) is 3.21. The first-order chi connectivity index (χ1) is 11.5. The van der Waals surface area contributed by atoms with Crippen LogP contribution in [0.25, 0.3) is 0 Å². The predicted molar refractivity (Wildman–Crippen MR) is 95.2 cm³/mol. The number of hydrogen-bond acceptors (Lipinski definition) is 3. The third-order valence-electron chi connectivity index (χ3n) is 4.53. The Morgan fingerprint density at radius 2 is 2.08 bits per heavy atom. The highest BCUT2D eigenvalue weighted by molar-refractivity contribution is 6.29. The Hall–Kier alpha value is -1.85. The number of benzene rings is 1. The average molecular weight is 347 g/mol. The van der Waals surface area contributed by atoms with Gasteiger partial charge in [-0.05, 0) is 25.5 Å². The summed E-state index contributed by atoms with van der Waals surface area (Å²) in [7, 11) is 1.93. The van der Waals surface area contributed by atoms with Crippen LogP contribution in [0.4, 0.5) is 0 Å². The van der Waals surface area contributed by atoms with Gasteiger partial charge >= 0.3 is 0 Å². The number of carbonyl (C=O) groups is 1. The second-order valence-electron chi connectivity index (χ2n) is 6.35. The van der Waals surface area contributed by atoms with Gasteiger partial charge in [-0.2, -0.15) is 0 Å². The zero-order valence-corrected chi connectivity index (χ0v) is 15.0. The molecule has 1 aromatic carbocycles. The number of carbonyl (C=O) groups excluding carboxylic acids is 1. The van der Waals surface area contributed by atoms with Crippen molar-refractivity contribution in [2.45, 2.75) is 19.9 Å². The van der Waals surface area contributed by atoms with E-state index in [-0.39, 0.29) is 5.91 Å². The molecule has 0 saturated carbocycles. The van der Waals surface area contributed by atoms with E-state index in [1.165, 1.54) is 0 Å². The van der Waals surface area contributed by atoms with Crippen molar-refractivity contribution in [2.24, 2.45) is 7.05 Å². The molecule has 1 amide bonds. The van der Waals surface area contributed by atoms with Crippen molar-refractivity contribution >= 4 is 17.5 Å². The first-order valence-corrected chi connectivity index (χ1v) is 8.67. The number of imidazole rings is 1. The molecule has 1 aromatic heterocycles. The van der Waals surface area contributed by atoms with E-state index in [1.54, 1.807) is 6.20 Å². The summed E-state index contributed by atoms with van der Waals surface area (Å²) in [6.45, 7) is 6.12. The molecule has 6 heteroatoms. The maximum absolute atomic E-state index is 12.7. The summed E-state index contributed by atoms with van der Waals surface area (Å²) in [5, 5.41) is 0.649. The number of rotatable bonds is 3. The van der Waals surface area contributed by atoms with E-state index < -0.39 is 0 Å². The van der Waals surface area contributed by atoms with E-state index in [2.05, 4.69) is 9.88 Å². The second kappa shape index (κ2) is 7.36. The molecule has 128 valence electrons. The molecule has 0 unspecified atom stereocenters. The van der Waals surface area contributed by atoms with E-state index in [0.29, 0.717) is 5.15 Å². The Kier molecular flexibility index (Phi) is 5.21. The number of nitrogens with zero attached hydrogens (tertiary/aromatic N) is 4. The first kappa shape index (κ1) is 17.0. The molecule has 1 aliphatic rings. The lowest BCUT2D eigenvalue weighted by molar-refractivity contribution is 0.0761. The van der Waals surface area contributed by atoms with Gasteiger partial charge in [0.2, 0.25) is 0 Å². The van der Waals surface area contributed by atoms with Crippen molar-refractivity contribution in [3.63, 3.8) is 0 Å². The zero-order valence-electron chi connectivity index (χ0n) is 14.2. The van der Waals surface area contributed by atoms with Gasteiger partial charge in [-0.15, -0.1) is 0 Å². The first-order valence-electron chi connectivity index (χ1n) is 8.29. The molecule has 0 bridgehead atoms. The Balaban J connectivity index is 1.62. The van der Waals surface area contributed by atoms with Crippen LogP contribution < -0.4 is 0 Å². The summed E-state index contributed by atoms with van der Waals surface area (Å²) in [5.41, 5.74) is 1.89. The van der Waals surface area contributed by atoms with Crippen molar-refractivity contribution in [2.75, 3.05) is 26.2 Å². The quantitative estimate of drug-likeness (QED) is 0.858. The van der Waals surface area contributed by atoms with Gasteiger partial charge in [-0.25, -0.2) is 4.98 Å². The van der Waals surface area contributed by atoms with Gasteiger partial charge in [0.05, 0.1) is 12.7 Å². The van der Waals surface area contributed by atoms with Crippen molar-refractivity contribution in [3.8, 4) is 0 Å². The van der Waals surface area contributed by atoms with Crippen LogP contribution in [-0.4, -0.2) is 51.4 Å². The lowest BCUT2D eigenvalue weighted by Crippen LogP contribution is -2.35. The minimum Gasteiger partial charge on any atom is -0.337 e. The van der Waals surface area contributed by atoms with Gasteiger partial charge in [0.15, 0.2) is 0 Å². The number of aromatic nitrogens is 2. The number of amides is 1. The van der Waals surface area contributed by atoms with Gasteiger partial charge in [-0.3, -0.25) is 9.69 Å². The summed E-state index contributed by atoms with van der Waals surface area (Å²) < 4.78 is 1.90. The lowest BCUT2D eigenvalue weighted by atomic mass is 10.1. The topological polar surface area (TPSA) is 41.4 Å². The van der Waals surface area contributed by atoms with Gasteiger partial charge in [0.1, 0.15) is 11.0 Å². The summed E-state index contributed by atoms with van der Waals surface area (Å²) in [6.07, 6.45) is 2.65. The molecule has 1 saturated heterocycles. The monoisotopic (exact) mass is 346 g/mol. The van der Waals surface area contributed by atoms with Crippen molar-refractivity contribution in [1.82, 2.24) is 19.4 Å². The molecule has 1 aliphatic heterocycles. The highest BCUT2D eigenvalue weighted by Gasteiger charge is 2.21. The molecule has 0 atom stereocenters. The molecule has 0 radical (unpaired) electrons. The maximum Gasteiger partial charge on any atom is 0.253 e. The Bertz CT molecular complexity index is 728. The second-order valence-corrected chi connectivity index (χ2v) is 6.73. The van der Waals surface area contributed by atoms with Crippen LogP contribution in [-0.2, 0) is 13.6 Å². The minimum atomic E-state index is 0.126. The van der Waals surface area contributed by atoms with E-state index >= 15 is 0 Å². The summed E-state index contributed by atoms with van der Waals surface area (Å²) in [5.74, 6) is 1.08. The number of hydrogen-bond donors (Lipinski definition) is 0. The maximum atomic E-state index is 12.7.